The van der Waals surface area contributed by atoms with Gasteiger partial charge in [-0.3, -0.25) is 14.4 Å². The lowest BCUT2D eigenvalue weighted by molar-refractivity contribution is -0.139. The van der Waals surface area contributed by atoms with Crippen LogP contribution in [0.3, 0.4) is 0 Å². The van der Waals surface area contributed by atoms with Gasteiger partial charge in [-0.1, -0.05) is 19.9 Å². The standard InChI is InChI=1S/C27H21Br2NO8/c1-12(2)25-22(23(34)14-9-16(28)26(17(29)10-14)37-11-20(32)33)21-19(38-25)8-7-18(24(21)35)30-27(36)13-3-5-15(31)6-4-13/h3-10,12,18,31H,11H2,1-2H3,(H,30,36)(H,32,33). The Morgan fingerprint density at radius 2 is 1.71 bits per heavy atom. The molecule has 1 aliphatic carbocycles. The molecule has 9 nitrogen and oxygen atoms in total. The molecule has 0 fully saturated rings. The minimum Gasteiger partial charge on any atom is -0.508 e. The number of furan rings is 1. The number of ether oxygens (including phenoxy) is 1. The minimum atomic E-state index is -1.16. The first-order valence-corrected chi connectivity index (χ1v) is 12.9. The van der Waals surface area contributed by atoms with Crippen LogP contribution in [0, 0.1) is 0 Å². The molecule has 2 aromatic carbocycles. The molecule has 196 valence electrons. The van der Waals surface area contributed by atoms with Crippen molar-refractivity contribution in [2.45, 2.75) is 25.8 Å². The number of rotatable bonds is 8. The highest BCUT2D eigenvalue weighted by atomic mass is 79.9. The topological polar surface area (TPSA) is 143 Å². The summed E-state index contributed by atoms with van der Waals surface area (Å²) in [6.45, 7) is 3.08. The number of aromatic hydroxyl groups is 1. The zero-order chi connectivity index (χ0) is 27.7. The van der Waals surface area contributed by atoms with E-state index in [9.17, 15) is 24.3 Å². The van der Waals surface area contributed by atoms with E-state index in [1.54, 1.807) is 6.08 Å². The van der Waals surface area contributed by atoms with Crippen molar-refractivity contribution in [1.29, 1.82) is 0 Å². The molecule has 0 radical (unpaired) electrons. The number of Topliss-reactive ketones (excluding diaryl/α,β-unsaturated/α-hetero) is 1. The van der Waals surface area contributed by atoms with Crippen molar-refractivity contribution in [1.82, 2.24) is 5.32 Å². The Morgan fingerprint density at radius 3 is 2.29 bits per heavy atom. The zero-order valence-electron chi connectivity index (χ0n) is 20.1. The van der Waals surface area contributed by atoms with Crippen LogP contribution in [-0.4, -0.2) is 46.3 Å². The van der Waals surface area contributed by atoms with Crippen molar-refractivity contribution in [2.24, 2.45) is 0 Å². The van der Waals surface area contributed by atoms with Crippen LogP contribution in [0.5, 0.6) is 11.5 Å². The fraction of sp³-hybridized carbons (Fsp3) is 0.185. The number of ketones is 2. The summed E-state index contributed by atoms with van der Waals surface area (Å²) in [4.78, 5) is 50.9. The van der Waals surface area contributed by atoms with Crippen LogP contribution in [-0.2, 0) is 4.79 Å². The predicted octanol–water partition coefficient (Wildman–Crippen LogP) is 5.34. The van der Waals surface area contributed by atoms with E-state index in [2.05, 4.69) is 37.2 Å². The molecule has 3 aromatic rings. The van der Waals surface area contributed by atoms with Gasteiger partial charge in [0.25, 0.3) is 5.91 Å². The first-order chi connectivity index (χ1) is 18.0. The number of carbonyl (C=O) groups excluding carboxylic acids is 3. The number of hydrogen-bond acceptors (Lipinski definition) is 7. The van der Waals surface area contributed by atoms with Gasteiger partial charge in [-0.15, -0.1) is 0 Å². The van der Waals surface area contributed by atoms with Crippen molar-refractivity contribution < 1.29 is 38.5 Å². The lowest BCUT2D eigenvalue weighted by Crippen LogP contribution is -2.41. The summed E-state index contributed by atoms with van der Waals surface area (Å²) in [6, 6.07) is 7.48. The predicted molar refractivity (Wildman–Crippen MR) is 144 cm³/mol. The van der Waals surface area contributed by atoms with Crippen molar-refractivity contribution in [3.05, 3.63) is 85.2 Å². The van der Waals surface area contributed by atoms with E-state index < -0.39 is 36.1 Å². The second kappa shape index (κ2) is 11.0. The van der Waals surface area contributed by atoms with Crippen LogP contribution in [0.2, 0.25) is 0 Å². The highest BCUT2D eigenvalue weighted by Crippen LogP contribution is 2.38. The lowest BCUT2D eigenvalue weighted by Gasteiger charge is -2.18. The number of nitrogens with one attached hydrogen (secondary N) is 1. The summed E-state index contributed by atoms with van der Waals surface area (Å²) in [5, 5.41) is 21.0. The van der Waals surface area contributed by atoms with Crippen molar-refractivity contribution in [3.63, 3.8) is 0 Å². The second-order valence-electron chi connectivity index (χ2n) is 8.74. The molecule has 11 heteroatoms. The molecule has 0 saturated carbocycles. The average molecular weight is 647 g/mol. The van der Waals surface area contributed by atoms with Crippen LogP contribution in [0.4, 0.5) is 0 Å². The maximum Gasteiger partial charge on any atom is 0.341 e. The number of phenols is 1. The highest BCUT2D eigenvalue weighted by molar-refractivity contribution is 9.11. The van der Waals surface area contributed by atoms with Gasteiger partial charge in [0.15, 0.2) is 18.2 Å². The number of carbonyl (C=O) groups is 4. The molecule has 1 aromatic heterocycles. The van der Waals surface area contributed by atoms with Crippen molar-refractivity contribution in [3.8, 4) is 11.5 Å². The molecular formula is C27H21Br2NO8. The molecule has 1 atom stereocenters. The summed E-state index contributed by atoms with van der Waals surface area (Å²) in [7, 11) is 0. The molecule has 4 rings (SSSR count). The molecule has 1 aliphatic rings. The number of benzene rings is 2. The first-order valence-electron chi connectivity index (χ1n) is 11.3. The van der Waals surface area contributed by atoms with E-state index in [-0.39, 0.29) is 45.4 Å². The summed E-state index contributed by atoms with van der Waals surface area (Å²) in [5.41, 5.74) is 0.604. The van der Waals surface area contributed by atoms with Gasteiger partial charge in [-0.05, 0) is 74.3 Å². The number of carboxylic acid groups (broad SMARTS) is 1. The molecule has 0 saturated heterocycles. The van der Waals surface area contributed by atoms with Gasteiger partial charge >= 0.3 is 5.97 Å². The summed E-state index contributed by atoms with van der Waals surface area (Å²) in [5.74, 6) is -2.17. The molecule has 1 amide bonds. The summed E-state index contributed by atoms with van der Waals surface area (Å²) in [6.07, 6.45) is 3.04. The quantitative estimate of drug-likeness (QED) is 0.279. The maximum atomic E-state index is 13.8. The Kier molecular flexibility index (Phi) is 7.89. The Balaban J connectivity index is 1.70. The number of amides is 1. The molecule has 1 unspecified atom stereocenters. The number of phenolic OH excluding ortho intramolecular Hbond substituents is 1. The third-order valence-corrected chi connectivity index (χ3v) is 6.88. The van der Waals surface area contributed by atoms with E-state index in [1.165, 1.54) is 42.5 Å². The van der Waals surface area contributed by atoms with Crippen LogP contribution in [0.1, 0.15) is 67.9 Å². The Bertz CT molecular complexity index is 1460. The highest BCUT2D eigenvalue weighted by Gasteiger charge is 2.36. The Labute approximate surface area is 233 Å². The van der Waals surface area contributed by atoms with Gasteiger partial charge in [0, 0.05) is 17.0 Å². The fourth-order valence-electron chi connectivity index (χ4n) is 3.95. The molecule has 0 bridgehead atoms. The zero-order valence-corrected chi connectivity index (χ0v) is 23.3. The number of hydrogen-bond donors (Lipinski definition) is 3. The average Bonchev–Trinajstić information content (AvgIpc) is 3.25. The van der Waals surface area contributed by atoms with E-state index in [4.69, 9.17) is 14.3 Å². The number of aliphatic carboxylic acids is 1. The maximum absolute atomic E-state index is 13.8. The second-order valence-corrected chi connectivity index (χ2v) is 10.4. The monoisotopic (exact) mass is 645 g/mol. The van der Waals surface area contributed by atoms with E-state index in [0.717, 1.165) is 0 Å². The molecule has 0 spiro atoms. The van der Waals surface area contributed by atoms with Crippen LogP contribution >= 0.6 is 31.9 Å². The van der Waals surface area contributed by atoms with Gasteiger partial charge < -0.3 is 24.7 Å². The SMILES string of the molecule is CC(C)c1oc2c(c1C(=O)c1cc(Br)c(OCC(=O)O)c(Br)c1)C(=O)C(NC(=O)c1ccc(O)cc1)C=C2. The van der Waals surface area contributed by atoms with Gasteiger partial charge in [0.05, 0.1) is 20.1 Å². The van der Waals surface area contributed by atoms with Gasteiger partial charge in [0.2, 0.25) is 0 Å². The van der Waals surface area contributed by atoms with E-state index >= 15 is 0 Å². The molecule has 3 N–H and O–H groups in total. The molecule has 1 heterocycles. The van der Waals surface area contributed by atoms with Crippen molar-refractivity contribution >= 4 is 61.4 Å². The van der Waals surface area contributed by atoms with E-state index in [0.29, 0.717) is 14.7 Å². The normalized spacial score (nSPS) is 14.3. The number of fused-ring (bicyclic) bond motifs is 1. The minimum absolute atomic E-state index is 0.00218. The van der Waals surface area contributed by atoms with Gasteiger partial charge in [-0.2, -0.15) is 0 Å². The Hall–Kier alpha value is -3.70. The first kappa shape index (κ1) is 27.3. The molecular weight excluding hydrogens is 626 g/mol. The third kappa shape index (κ3) is 5.44. The third-order valence-electron chi connectivity index (χ3n) is 5.70. The van der Waals surface area contributed by atoms with Crippen LogP contribution < -0.4 is 10.1 Å². The van der Waals surface area contributed by atoms with Gasteiger partial charge in [-0.25, -0.2) is 4.79 Å². The fourth-order valence-corrected chi connectivity index (χ4v) is 5.36. The van der Waals surface area contributed by atoms with Gasteiger partial charge in [0.1, 0.15) is 29.1 Å². The lowest BCUT2D eigenvalue weighted by atomic mass is 9.88. The van der Waals surface area contributed by atoms with Crippen LogP contribution in [0.25, 0.3) is 6.08 Å². The number of carboxylic acids is 1. The summed E-state index contributed by atoms with van der Waals surface area (Å²) < 4.78 is 11.9. The van der Waals surface area contributed by atoms with Crippen LogP contribution in [0.15, 0.2) is 55.8 Å². The van der Waals surface area contributed by atoms with Crippen molar-refractivity contribution in [2.75, 3.05) is 6.61 Å². The Morgan fingerprint density at radius 1 is 1.08 bits per heavy atom. The smallest absolute Gasteiger partial charge is 0.341 e. The largest absolute Gasteiger partial charge is 0.508 e. The molecule has 38 heavy (non-hydrogen) atoms. The molecule has 0 aliphatic heterocycles. The number of halogens is 2. The van der Waals surface area contributed by atoms with E-state index in [1.807, 2.05) is 13.8 Å². The summed E-state index contributed by atoms with van der Waals surface area (Å²) >= 11 is 6.62.